The summed E-state index contributed by atoms with van der Waals surface area (Å²) in [6.45, 7) is 0.492. The van der Waals surface area contributed by atoms with E-state index in [1.165, 1.54) is 12.1 Å². The van der Waals surface area contributed by atoms with Crippen molar-refractivity contribution in [1.82, 2.24) is 0 Å². The van der Waals surface area contributed by atoms with E-state index < -0.39 is 11.6 Å². The molecule has 2 aromatic carbocycles. The third kappa shape index (κ3) is 3.32. The van der Waals surface area contributed by atoms with E-state index in [-0.39, 0.29) is 0 Å². The van der Waals surface area contributed by atoms with Gasteiger partial charge in [-0.05, 0) is 39.7 Å². The highest BCUT2D eigenvalue weighted by Gasteiger charge is 2.14. The molecule has 2 rings (SSSR count). The zero-order valence-corrected chi connectivity index (χ0v) is 14.1. The van der Waals surface area contributed by atoms with E-state index in [1.807, 2.05) is 11.0 Å². The number of anilines is 1. The number of hydrogen-bond donors (Lipinski definition) is 0. The molecule has 0 saturated carbocycles. The summed E-state index contributed by atoms with van der Waals surface area (Å²) in [7, 11) is 4.93. The van der Waals surface area contributed by atoms with E-state index in [9.17, 15) is 8.78 Å². The highest BCUT2D eigenvalue weighted by molar-refractivity contribution is 9.10. The van der Waals surface area contributed by atoms with E-state index in [1.54, 1.807) is 27.3 Å². The second-order valence-corrected chi connectivity index (χ2v) is 5.52. The summed E-state index contributed by atoms with van der Waals surface area (Å²) in [6, 6.07) is 7.52. The van der Waals surface area contributed by atoms with Gasteiger partial charge in [-0.15, -0.1) is 0 Å². The van der Waals surface area contributed by atoms with Gasteiger partial charge in [0.15, 0.2) is 23.1 Å². The normalized spacial score (nSPS) is 10.5. The first-order valence-corrected chi connectivity index (χ1v) is 7.32. The first-order valence-electron chi connectivity index (χ1n) is 6.53. The van der Waals surface area contributed by atoms with Gasteiger partial charge < -0.3 is 14.4 Å². The van der Waals surface area contributed by atoms with Gasteiger partial charge in [-0.1, -0.05) is 6.07 Å². The Labute approximate surface area is 136 Å². The largest absolute Gasteiger partial charge is 0.493 e. The average molecular weight is 372 g/mol. The Hall–Kier alpha value is -1.82. The van der Waals surface area contributed by atoms with E-state index in [0.717, 1.165) is 16.1 Å². The van der Waals surface area contributed by atoms with Crippen molar-refractivity contribution in [2.24, 2.45) is 0 Å². The molecule has 0 unspecified atom stereocenters. The molecule has 0 aliphatic heterocycles. The van der Waals surface area contributed by atoms with E-state index in [2.05, 4.69) is 15.9 Å². The minimum Gasteiger partial charge on any atom is -0.493 e. The fourth-order valence-electron chi connectivity index (χ4n) is 2.12. The second-order valence-electron chi connectivity index (χ2n) is 4.73. The molecule has 2 aromatic rings. The van der Waals surface area contributed by atoms with Crippen LogP contribution in [0.2, 0.25) is 0 Å². The molecule has 22 heavy (non-hydrogen) atoms. The van der Waals surface area contributed by atoms with Crippen molar-refractivity contribution in [2.45, 2.75) is 6.54 Å². The minimum atomic E-state index is -0.865. The van der Waals surface area contributed by atoms with Crippen molar-refractivity contribution in [1.29, 1.82) is 0 Å². The second kappa shape index (κ2) is 6.96. The SMILES string of the molecule is COc1ccc(CN(C)c2ccc(F)c(F)c2)c(Br)c1OC. The van der Waals surface area contributed by atoms with Gasteiger partial charge in [-0.3, -0.25) is 0 Å². The van der Waals surface area contributed by atoms with E-state index >= 15 is 0 Å². The Morgan fingerprint density at radius 2 is 1.77 bits per heavy atom. The molecule has 118 valence electrons. The summed E-state index contributed by atoms with van der Waals surface area (Å²) in [4.78, 5) is 1.81. The molecule has 0 aliphatic carbocycles. The third-order valence-corrected chi connectivity index (χ3v) is 4.19. The Bertz CT molecular complexity index is 679. The van der Waals surface area contributed by atoms with Crippen LogP contribution in [0.3, 0.4) is 0 Å². The molecular weight excluding hydrogens is 356 g/mol. The molecule has 6 heteroatoms. The van der Waals surface area contributed by atoms with Gasteiger partial charge in [0.2, 0.25) is 0 Å². The molecule has 0 N–H and O–H groups in total. The van der Waals surface area contributed by atoms with Crippen LogP contribution in [-0.4, -0.2) is 21.3 Å². The average Bonchev–Trinajstić information content (AvgIpc) is 2.51. The lowest BCUT2D eigenvalue weighted by molar-refractivity contribution is 0.352. The predicted molar refractivity (Wildman–Crippen MR) is 85.7 cm³/mol. The molecule has 0 spiro atoms. The molecule has 0 heterocycles. The van der Waals surface area contributed by atoms with Crippen LogP contribution < -0.4 is 14.4 Å². The van der Waals surface area contributed by atoms with Gasteiger partial charge in [0.05, 0.1) is 18.7 Å². The first-order chi connectivity index (χ1) is 10.5. The van der Waals surface area contributed by atoms with Gasteiger partial charge in [-0.25, -0.2) is 8.78 Å². The van der Waals surface area contributed by atoms with E-state index in [0.29, 0.717) is 23.7 Å². The van der Waals surface area contributed by atoms with Crippen molar-refractivity contribution < 1.29 is 18.3 Å². The lowest BCUT2D eigenvalue weighted by Gasteiger charge is -2.21. The number of benzene rings is 2. The minimum absolute atomic E-state index is 0.492. The summed E-state index contributed by atoms with van der Waals surface area (Å²) in [5.41, 5.74) is 1.52. The Balaban J connectivity index is 2.28. The van der Waals surface area contributed by atoms with Crippen molar-refractivity contribution in [2.75, 3.05) is 26.2 Å². The quantitative estimate of drug-likeness (QED) is 0.778. The fraction of sp³-hybridized carbons (Fsp3) is 0.250. The summed E-state index contributed by atoms with van der Waals surface area (Å²) >= 11 is 3.49. The van der Waals surface area contributed by atoms with Crippen LogP contribution in [0.5, 0.6) is 11.5 Å². The van der Waals surface area contributed by atoms with Crippen LogP contribution in [0.15, 0.2) is 34.8 Å². The van der Waals surface area contributed by atoms with Gasteiger partial charge in [0.25, 0.3) is 0 Å². The highest BCUT2D eigenvalue weighted by Crippen LogP contribution is 2.38. The molecule has 0 aliphatic rings. The van der Waals surface area contributed by atoms with Crippen molar-refractivity contribution in [3.05, 3.63) is 52.0 Å². The maximum atomic E-state index is 13.3. The summed E-state index contributed by atoms with van der Waals surface area (Å²) in [6.07, 6.45) is 0. The summed E-state index contributed by atoms with van der Waals surface area (Å²) < 4.78 is 37.7. The number of halogens is 3. The Morgan fingerprint density at radius 3 is 2.36 bits per heavy atom. The monoisotopic (exact) mass is 371 g/mol. The summed E-state index contributed by atoms with van der Waals surface area (Å²) in [5, 5.41) is 0. The van der Waals surface area contributed by atoms with Crippen LogP contribution in [0, 0.1) is 11.6 Å². The van der Waals surface area contributed by atoms with Crippen molar-refractivity contribution >= 4 is 21.6 Å². The fourth-order valence-corrected chi connectivity index (χ4v) is 2.74. The van der Waals surface area contributed by atoms with Gasteiger partial charge >= 0.3 is 0 Å². The third-order valence-electron chi connectivity index (χ3n) is 3.32. The number of methoxy groups -OCH3 is 2. The molecule has 0 saturated heterocycles. The number of nitrogens with zero attached hydrogens (tertiary/aromatic N) is 1. The maximum Gasteiger partial charge on any atom is 0.175 e. The van der Waals surface area contributed by atoms with Crippen LogP contribution in [0.1, 0.15) is 5.56 Å². The first kappa shape index (κ1) is 16.5. The topological polar surface area (TPSA) is 21.7 Å². The Kier molecular flexibility index (Phi) is 5.24. The number of rotatable bonds is 5. The molecule has 0 radical (unpaired) electrons. The highest BCUT2D eigenvalue weighted by atomic mass is 79.9. The molecule has 0 bridgehead atoms. The van der Waals surface area contributed by atoms with Gasteiger partial charge in [0, 0.05) is 25.3 Å². The molecular formula is C16H16BrF2NO2. The van der Waals surface area contributed by atoms with Crippen LogP contribution >= 0.6 is 15.9 Å². The van der Waals surface area contributed by atoms with Gasteiger partial charge in [0.1, 0.15) is 0 Å². The molecule has 0 aromatic heterocycles. The zero-order chi connectivity index (χ0) is 16.3. The molecule has 0 atom stereocenters. The lowest BCUT2D eigenvalue weighted by Crippen LogP contribution is -2.17. The maximum absolute atomic E-state index is 13.3. The Morgan fingerprint density at radius 1 is 1.05 bits per heavy atom. The molecule has 3 nitrogen and oxygen atoms in total. The lowest BCUT2D eigenvalue weighted by atomic mass is 10.1. The smallest absolute Gasteiger partial charge is 0.175 e. The predicted octanol–water partition coefficient (Wildman–Crippen LogP) is 4.38. The molecule has 0 fully saturated rings. The van der Waals surface area contributed by atoms with Crippen molar-refractivity contribution in [3.63, 3.8) is 0 Å². The zero-order valence-electron chi connectivity index (χ0n) is 12.5. The van der Waals surface area contributed by atoms with Crippen molar-refractivity contribution in [3.8, 4) is 11.5 Å². The summed E-state index contributed by atoms with van der Waals surface area (Å²) in [5.74, 6) is -0.507. The number of ether oxygens (including phenoxy) is 2. The van der Waals surface area contributed by atoms with Crippen LogP contribution in [0.4, 0.5) is 14.5 Å². The van der Waals surface area contributed by atoms with E-state index in [4.69, 9.17) is 9.47 Å². The van der Waals surface area contributed by atoms with Crippen LogP contribution in [0.25, 0.3) is 0 Å². The number of hydrogen-bond acceptors (Lipinski definition) is 3. The standard InChI is InChI=1S/C16H16BrF2NO2/c1-20(11-5-6-12(18)13(19)8-11)9-10-4-7-14(21-2)16(22-3)15(10)17/h4-8H,9H2,1-3H3. The molecule has 0 amide bonds. The van der Waals surface area contributed by atoms with Crippen LogP contribution in [-0.2, 0) is 6.54 Å². The van der Waals surface area contributed by atoms with Gasteiger partial charge in [-0.2, -0.15) is 0 Å².